The van der Waals surface area contributed by atoms with Crippen LogP contribution in [0.4, 0.5) is 5.69 Å². The molecular weight excluding hydrogens is 318 g/mol. The van der Waals surface area contributed by atoms with Crippen LogP contribution in [-0.2, 0) is 0 Å². The number of aromatic nitrogens is 1. The van der Waals surface area contributed by atoms with Crippen molar-refractivity contribution in [1.82, 2.24) is 4.98 Å². The van der Waals surface area contributed by atoms with E-state index in [1.807, 2.05) is 36.4 Å². The Balaban J connectivity index is 2.10. The number of ether oxygens (including phenoxy) is 1. The maximum atomic E-state index is 10.8. The monoisotopic (exact) mass is 333 g/mol. The molecule has 0 aliphatic rings. The standard InChI is InChI=1S/C19H15N3O3/c1-12(8-20)9-21-18-16-7-14(19-22-15(10-23)11-25-19)4-3-13(16)5-6-17(18)24-2/h3-7,10-11,21H,1,9H2,2H3. The number of nitriles is 1. The first kappa shape index (κ1) is 16.3. The number of aldehydes is 1. The number of rotatable bonds is 6. The zero-order valence-electron chi connectivity index (χ0n) is 13.6. The number of carbonyl (C=O) groups is 1. The molecule has 2 aromatic carbocycles. The van der Waals surface area contributed by atoms with Gasteiger partial charge in [-0.2, -0.15) is 5.26 Å². The molecule has 0 amide bonds. The Bertz CT molecular complexity index is 999. The lowest BCUT2D eigenvalue weighted by molar-refractivity contribution is 0.111. The van der Waals surface area contributed by atoms with E-state index < -0.39 is 0 Å². The molecule has 3 aromatic rings. The van der Waals surface area contributed by atoms with Crippen LogP contribution in [-0.4, -0.2) is 24.9 Å². The van der Waals surface area contributed by atoms with Crippen LogP contribution in [0.3, 0.4) is 0 Å². The molecule has 0 aliphatic carbocycles. The van der Waals surface area contributed by atoms with Crippen LogP contribution in [0.5, 0.6) is 5.75 Å². The van der Waals surface area contributed by atoms with Gasteiger partial charge in [-0.15, -0.1) is 0 Å². The Morgan fingerprint density at radius 2 is 2.24 bits per heavy atom. The van der Waals surface area contributed by atoms with E-state index in [1.165, 1.54) is 6.26 Å². The Hall–Kier alpha value is -3.59. The number of fused-ring (bicyclic) bond motifs is 1. The smallest absolute Gasteiger partial charge is 0.226 e. The number of oxazole rings is 1. The van der Waals surface area contributed by atoms with Gasteiger partial charge in [0.25, 0.3) is 0 Å². The second kappa shape index (κ2) is 6.89. The van der Waals surface area contributed by atoms with Crippen LogP contribution in [0.25, 0.3) is 22.2 Å². The van der Waals surface area contributed by atoms with Crippen molar-refractivity contribution in [3.05, 3.63) is 54.4 Å². The van der Waals surface area contributed by atoms with Gasteiger partial charge in [0.1, 0.15) is 17.7 Å². The summed E-state index contributed by atoms with van der Waals surface area (Å²) in [5.74, 6) is 1.01. The molecule has 0 saturated carbocycles. The summed E-state index contributed by atoms with van der Waals surface area (Å²) in [5.41, 5.74) is 2.14. The summed E-state index contributed by atoms with van der Waals surface area (Å²) < 4.78 is 10.8. The molecule has 25 heavy (non-hydrogen) atoms. The Kier molecular flexibility index (Phi) is 4.48. The summed E-state index contributed by atoms with van der Waals surface area (Å²) in [5, 5.41) is 14.0. The molecule has 0 atom stereocenters. The van der Waals surface area contributed by atoms with E-state index in [0.717, 1.165) is 22.0 Å². The number of carbonyl (C=O) groups excluding carboxylic acids is 1. The fourth-order valence-electron chi connectivity index (χ4n) is 2.49. The molecule has 124 valence electrons. The number of methoxy groups -OCH3 is 1. The number of nitrogens with zero attached hydrogens (tertiary/aromatic N) is 2. The SMILES string of the molecule is C=C(C#N)CNc1c(OC)ccc2ccc(-c3nc(C=O)co3)cc12. The van der Waals surface area contributed by atoms with Crippen LogP contribution >= 0.6 is 0 Å². The van der Waals surface area contributed by atoms with E-state index in [9.17, 15) is 4.79 Å². The van der Waals surface area contributed by atoms with Gasteiger partial charge in [0, 0.05) is 23.1 Å². The van der Waals surface area contributed by atoms with Crippen molar-refractivity contribution in [3.8, 4) is 23.3 Å². The van der Waals surface area contributed by atoms with Crippen molar-refractivity contribution in [2.45, 2.75) is 0 Å². The van der Waals surface area contributed by atoms with Gasteiger partial charge in [0.2, 0.25) is 5.89 Å². The quantitative estimate of drug-likeness (QED) is 0.545. The Morgan fingerprint density at radius 3 is 2.92 bits per heavy atom. The average molecular weight is 333 g/mol. The molecule has 0 aliphatic heterocycles. The molecule has 0 bridgehead atoms. The maximum Gasteiger partial charge on any atom is 0.226 e. The zero-order valence-corrected chi connectivity index (χ0v) is 13.6. The van der Waals surface area contributed by atoms with Gasteiger partial charge in [0.05, 0.1) is 18.9 Å². The first-order valence-electron chi connectivity index (χ1n) is 7.50. The van der Waals surface area contributed by atoms with Gasteiger partial charge in [-0.05, 0) is 23.6 Å². The summed E-state index contributed by atoms with van der Waals surface area (Å²) in [6.45, 7) is 3.99. The molecule has 1 heterocycles. The van der Waals surface area contributed by atoms with Crippen molar-refractivity contribution in [1.29, 1.82) is 5.26 Å². The van der Waals surface area contributed by atoms with Crippen molar-refractivity contribution < 1.29 is 13.9 Å². The Labute approximate surface area is 144 Å². The van der Waals surface area contributed by atoms with Crippen LogP contribution in [0.15, 0.2) is 53.2 Å². The van der Waals surface area contributed by atoms with Gasteiger partial charge in [-0.1, -0.05) is 18.7 Å². The van der Waals surface area contributed by atoms with E-state index >= 15 is 0 Å². The fourth-order valence-corrected chi connectivity index (χ4v) is 2.49. The summed E-state index contributed by atoms with van der Waals surface area (Å²) in [4.78, 5) is 14.9. The maximum absolute atomic E-state index is 10.8. The van der Waals surface area contributed by atoms with Gasteiger partial charge >= 0.3 is 0 Å². The largest absolute Gasteiger partial charge is 0.495 e. The van der Waals surface area contributed by atoms with Crippen LogP contribution in [0.2, 0.25) is 0 Å². The van der Waals surface area contributed by atoms with Crippen molar-refractivity contribution in [2.75, 3.05) is 19.0 Å². The number of hydrogen-bond donors (Lipinski definition) is 1. The molecule has 3 rings (SSSR count). The third kappa shape index (κ3) is 3.21. The third-order valence-corrected chi connectivity index (χ3v) is 3.73. The average Bonchev–Trinajstić information content (AvgIpc) is 3.14. The van der Waals surface area contributed by atoms with E-state index in [4.69, 9.17) is 14.4 Å². The molecule has 0 radical (unpaired) electrons. The minimum atomic E-state index is 0.240. The Morgan fingerprint density at radius 1 is 1.44 bits per heavy atom. The lowest BCUT2D eigenvalue weighted by atomic mass is 10.0. The normalized spacial score (nSPS) is 10.2. The zero-order chi connectivity index (χ0) is 17.8. The molecule has 1 N–H and O–H groups in total. The molecule has 0 unspecified atom stereocenters. The highest BCUT2D eigenvalue weighted by atomic mass is 16.5. The highest BCUT2D eigenvalue weighted by molar-refractivity contribution is 5.99. The fraction of sp³-hybridized carbons (Fsp3) is 0.105. The van der Waals surface area contributed by atoms with Gasteiger partial charge < -0.3 is 14.5 Å². The van der Waals surface area contributed by atoms with Crippen LogP contribution in [0.1, 0.15) is 10.5 Å². The number of benzene rings is 2. The molecule has 0 saturated heterocycles. The highest BCUT2D eigenvalue weighted by Crippen LogP contribution is 2.35. The minimum Gasteiger partial charge on any atom is -0.495 e. The second-order valence-electron chi connectivity index (χ2n) is 5.34. The van der Waals surface area contributed by atoms with Gasteiger partial charge in [-0.3, -0.25) is 4.79 Å². The lowest BCUT2D eigenvalue weighted by Gasteiger charge is -2.14. The van der Waals surface area contributed by atoms with E-state index in [0.29, 0.717) is 30.0 Å². The predicted octanol–water partition coefficient (Wildman–Crippen LogP) is 3.81. The van der Waals surface area contributed by atoms with E-state index in [-0.39, 0.29) is 5.69 Å². The molecular formula is C19H15N3O3. The summed E-state index contributed by atoms with van der Waals surface area (Å²) in [7, 11) is 1.58. The summed E-state index contributed by atoms with van der Waals surface area (Å²) >= 11 is 0. The van der Waals surface area contributed by atoms with Crippen molar-refractivity contribution in [2.24, 2.45) is 0 Å². The van der Waals surface area contributed by atoms with Crippen molar-refractivity contribution >= 4 is 22.7 Å². The second-order valence-corrected chi connectivity index (χ2v) is 5.34. The summed E-state index contributed by atoms with van der Waals surface area (Å²) in [6, 6.07) is 11.5. The van der Waals surface area contributed by atoms with Crippen molar-refractivity contribution in [3.63, 3.8) is 0 Å². The molecule has 0 spiro atoms. The highest BCUT2D eigenvalue weighted by Gasteiger charge is 2.12. The van der Waals surface area contributed by atoms with E-state index in [1.54, 1.807) is 7.11 Å². The van der Waals surface area contributed by atoms with Crippen LogP contribution < -0.4 is 10.1 Å². The number of anilines is 1. The first-order chi connectivity index (χ1) is 12.2. The number of nitrogens with one attached hydrogen (secondary N) is 1. The van der Waals surface area contributed by atoms with Gasteiger partial charge in [0.15, 0.2) is 6.29 Å². The molecule has 6 nitrogen and oxygen atoms in total. The third-order valence-electron chi connectivity index (χ3n) is 3.73. The topological polar surface area (TPSA) is 88.1 Å². The minimum absolute atomic E-state index is 0.240. The van der Waals surface area contributed by atoms with Crippen LogP contribution in [0, 0.1) is 11.3 Å². The molecule has 1 aromatic heterocycles. The number of hydrogen-bond acceptors (Lipinski definition) is 6. The molecule has 6 heteroatoms. The first-order valence-corrected chi connectivity index (χ1v) is 7.50. The predicted molar refractivity (Wildman–Crippen MR) is 94.6 cm³/mol. The summed E-state index contributed by atoms with van der Waals surface area (Å²) in [6.07, 6.45) is 1.95. The molecule has 0 fully saturated rings. The van der Waals surface area contributed by atoms with Gasteiger partial charge in [-0.25, -0.2) is 4.98 Å². The van der Waals surface area contributed by atoms with E-state index in [2.05, 4.69) is 16.9 Å². The lowest BCUT2D eigenvalue weighted by Crippen LogP contribution is -2.05.